The van der Waals surface area contributed by atoms with Crippen LogP contribution >= 0.6 is 15.9 Å². The number of aliphatic imine (C=N–C) groups is 1. The van der Waals surface area contributed by atoms with E-state index in [9.17, 15) is 9.18 Å². The highest BCUT2D eigenvalue weighted by molar-refractivity contribution is 9.10. The first-order valence-corrected chi connectivity index (χ1v) is 9.54. The number of amides is 2. The lowest BCUT2D eigenvalue weighted by molar-refractivity contribution is 0.125. The number of nitrogens with two attached hydrogens (primary N) is 1. The van der Waals surface area contributed by atoms with Gasteiger partial charge in [-0.25, -0.2) is 18.8 Å². The second kappa shape index (κ2) is 8.55. The highest BCUT2D eigenvalue weighted by Crippen LogP contribution is 2.23. The van der Waals surface area contributed by atoms with Gasteiger partial charge in [-0.2, -0.15) is 0 Å². The quantitative estimate of drug-likeness (QED) is 0.456. The summed E-state index contributed by atoms with van der Waals surface area (Å²) in [6, 6.07) is 4.34. The van der Waals surface area contributed by atoms with Gasteiger partial charge in [0, 0.05) is 31.6 Å². The predicted molar refractivity (Wildman–Crippen MR) is 106 cm³/mol. The number of anilines is 1. The molecule has 0 saturated carbocycles. The van der Waals surface area contributed by atoms with Crippen LogP contribution in [0.5, 0.6) is 0 Å². The maximum atomic E-state index is 13.3. The van der Waals surface area contributed by atoms with E-state index < -0.39 is 0 Å². The van der Waals surface area contributed by atoms with Crippen molar-refractivity contribution in [2.24, 2.45) is 16.6 Å². The fourth-order valence-corrected chi connectivity index (χ4v) is 3.03. The molecular weight excluding hydrogens is 433 g/mol. The van der Waals surface area contributed by atoms with E-state index in [0.717, 1.165) is 0 Å². The van der Waals surface area contributed by atoms with Gasteiger partial charge in [-0.15, -0.1) is 0 Å². The number of hydrogen-bond donors (Lipinski definition) is 3. The molecule has 1 saturated heterocycles. The lowest BCUT2D eigenvalue weighted by atomic mass is 10.0. The third-order valence-electron chi connectivity index (χ3n) is 4.10. The third-order valence-corrected chi connectivity index (χ3v) is 4.71. The molecule has 0 aliphatic carbocycles. The molecule has 0 radical (unpaired) electrons. The minimum absolute atomic E-state index is 0.0584. The fourth-order valence-electron chi connectivity index (χ4n) is 2.66. The molecule has 1 aromatic carbocycles. The van der Waals surface area contributed by atoms with E-state index in [0.29, 0.717) is 31.1 Å². The van der Waals surface area contributed by atoms with E-state index in [4.69, 9.17) is 10.4 Å². The number of aromatic nitrogens is 2. The molecule has 150 valence electrons. The van der Waals surface area contributed by atoms with Gasteiger partial charge in [0.1, 0.15) is 5.82 Å². The number of hydrogen-bond acceptors (Lipinski definition) is 6. The van der Waals surface area contributed by atoms with E-state index in [-0.39, 0.29) is 39.8 Å². The number of likely N-dealkylation sites (tertiary alicyclic amines) is 1. The number of nitrogens with one attached hydrogen (secondary N) is 2. The maximum absolute atomic E-state index is 13.3. The van der Waals surface area contributed by atoms with Crippen molar-refractivity contribution in [3.63, 3.8) is 0 Å². The first-order valence-electron chi connectivity index (χ1n) is 8.75. The van der Waals surface area contributed by atoms with Gasteiger partial charge in [0.25, 0.3) is 0 Å². The summed E-state index contributed by atoms with van der Waals surface area (Å²) < 4.78 is 18.4. The summed E-state index contributed by atoms with van der Waals surface area (Å²) in [5.74, 6) is 0.356. The zero-order valence-electron chi connectivity index (χ0n) is 15.4. The number of carbonyl (C=O) groups is 1. The molecule has 1 aliphatic heterocycles. The molecule has 28 heavy (non-hydrogen) atoms. The van der Waals surface area contributed by atoms with Crippen molar-refractivity contribution in [2.45, 2.75) is 19.9 Å². The fraction of sp³-hybridized carbons (Fsp3) is 0.412. The van der Waals surface area contributed by atoms with Crippen LogP contribution < -0.4 is 16.4 Å². The number of rotatable bonds is 6. The summed E-state index contributed by atoms with van der Waals surface area (Å²) in [7, 11) is 0. The summed E-state index contributed by atoms with van der Waals surface area (Å²) >= 11 is 3.11. The second-order valence-corrected chi connectivity index (χ2v) is 7.67. The number of halogens is 2. The molecule has 2 amide bonds. The van der Waals surface area contributed by atoms with E-state index in [1.165, 1.54) is 18.2 Å². The van der Waals surface area contributed by atoms with E-state index in [1.54, 1.807) is 4.90 Å². The number of nitrogens with zero attached hydrogens (tertiary/aromatic N) is 4. The van der Waals surface area contributed by atoms with Crippen molar-refractivity contribution in [3.05, 3.63) is 34.2 Å². The number of amidine groups is 1. The summed E-state index contributed by atoms with van der Waals surface area (Å²) in [5, 5.41) is 13.6. The van der Waals surface area contributed by atoms with Crippen LogP contribution in [0.3, 0.4) is 0 Å². The van der Waals surface area contributed by atoms with Crippen molar-refractivity contribution in [1.82, 2.24) is 20.5 Å². The lowest BCUT2D eigenvalue weighted by Gasteiger charge is -2.39. The second-order valence-electron chi connectivity index (χ2n) is 6.81. The molecule has 0 spiro atoms. The minimum atomic E-state index is -0.389. The van der Waals surface area contributed by atoms with Crippen molar-refractivity contribution in [2.75, 3.05) is 25.0 Å². The van der Waals surface area contributed by atoms with Crippen LogP contribution in [-0.2, 0) is 0 Å². The molecular formula is C17H21BrFN7O2. The van der Waals surface area contributed by atoms with Crippen LogP contribution in [0, 0.1) is 11.7 Å². The smallest absolute Gasteiger partial charge is 0.317 e. The molecule has 3 rings (SSSR count). The van der Waals surface area contributed by atoms with Crippen molar-refractivity contribution >= 4 is 39.3 Å². The van der Waals surface area contributed by atoms with E-state index in [2.05, 4.69) is 41.9 Å². The summed E-state index contributed by atoms with van der Waals surface area (Å²) in [5.41, 5.74) is 6.73. The Morgan fingerprint density at radius 1 is 1.46 bits per heavy atom. The standard InChI is InChI=1S/C17H21BrFN7O2/c1-9(2)22-17(27)26-7-10(8-26)6-21-16-14(24-28-25-16)15(20)23-11-3-4-13(19)12(18)5-11/h3-5,9-10H,6-8H2,1-2H3,(H2,20,23)(H,21,25)(H,22,27). The van der Waals surface area contributed by atoms with E-state index in [1.807, 2.05) is 13.8 Å². The molecule has 4 N–H and O–H groups in total. The molecule has 1 fully saturated rings. The first kappa shape index (κ1) is 20.1. The predicted octanol–water partition coefficient (Wildman–Crippen LogP) is 2.47. The Hall–Kier alpha value is -2.69. The maximum Gasteiger partial charge on any atom is 0.317 e. The van der Waals surface area contributed by atoms with Gasteiger partial charge < -0.3 is 21.3 Å². The summed E-state index contributed by atoms with van der Waals surface area (Å²) in [6.07, 6.45) is 0. The third kappa shape index (κ3) is 4.77. The van der Waals surface area contributed by atoms with Crippen LogP contribution in [0.1, 0.15) is 19.5 Å². The lowest BCUT2D eigenvalue weighted by Crippen LogP contribution is -2.56. The van der Waals surface area contributed by atoms with Crippen LogP contribution in [0.15, 0.2) is 32.3 Å². The Morgan fingerprint density at radius 2 is 2.21 bits per heavy atom. The zero-order valence-corrected chi connectivity index (χ0v) is 17.0. The molecule has 11 heteroatoms. The molecule has 2 heterocycles. The Morgan fingerprint density at radius 3 is 2.89 bits per heavy atom. The van der Waals surface area contributed by atoms with Gasteiger partial charge in [0.15, 0.2) is 11.5 Å². The molecule has 0 unspecified atom stereocenters. The van der Waals surface area contributed by atoms with Crippen LogP contribution in [-0.4, -0.2) is 52.8 Å². The summed E-state index contributed by atoms with van der Waals surface area (Å²) in [4.78, 5) is 17.8. The van der Waals surface area contributed by atoms with E-state index >= 15 is 0 Å². The highest BCUT2D eigenvalue weighted by atomic mass is 79.9. The first-order chi connectivity index (χ1) is 13.3. The van der Waals surface area contributed by atoms with Crippen molar-refractivity contribution < 1.29 is 13.8 Å². The summed E-state index contributed by atoms with van der Waals surface area (Å²) in [6.45, 7) is 5.74. The largest absolute Gasteiger partial charge is 0.382 e. The van der Waals surface area contributed by atoms with Crippen molar-refractivity contribution in [1.29, 1.82) is 0 Å². The number of benzene rings is 1. The molecule has 1 aliphatic rings. The molecule has 9 nitrogen and oxygen atoms in total. The molecule has 0 bridgehead atoms. The highest BCUT2D eigenvalue weighted by Gasteiger charge is 2.31. The van der Waals surface area contributed by atoms with Crippen LogP contribution in [0.4, 0.5) is 20.7 Å². The normalized spacial score (nSPS) is 14.9. The topological polar surface area (TPSA) is 122 Å². The van der Waals surface area contributed by atoms with Gasteiger partial charge >= 0.3 is 6.03 Å². The Kier molecular flexibility index (Phi) is 6.12. The SMILES string of the molecule is CC(C)NC(=O)N1CC(CNc2nonc2C(N)=Nc2ccc(F)c(Br)c2)C1. The Balaban J connectivity index is 1.56. The van der Waals surface area contributed by atoms with Crippen LogP contribution in [0.25, 0.3) is 0 Å². The van der Waals surface area contributed by atoms with Gasteiger partial charge in [0.05, 0.1) is 10.2 Å². The average molecular weight is 454 g/mol. The Labute approximate surface area is 169 Å². The number of carbonyl (C=O) groups excluding carboxylic acids is 1. The molecule has 2 aromatic rings. The van der Waals surface area contributed by atoms with Gasteiger partial charge in [-0.1, -0.05) is 0 Å². The van der Waals surface area contributed by atoms with Gasteiger partial charge in [-0.05, 0) is 58.3 Å². The monoisotopic (exact) mass is 453 g/mol. The Bertz CT molecular complexity index is 880. The van der Waals surface area contributed by atoms with Crippen LogP contribution in [0.2, 0.25) is 0 Å². The zero-order chi connectivity index (χ0) is 20.3. The molecule has 0 atom stereocenters. The van der Waals surface area contributed by atoms with Crippen molar-refractivity contribution in [3.8, 4) is 0 Å². The van der Waals surface area contributed by atoms with Gasteiger partial charge in [-0.3, -0.25) is 0 Å². The molecule has 1 aromatic heterocycles. The average Bonchev–Trinajstić information content (AvgIpc) is 3.04. The number of urea groups is 1. The minimum Gasteiger partial charge on any atom is -0.382 e. The van der Waals surface area contributed by atoms with Gasteiger partial charge in [0.2, 0.25) is 5.82 Å².